The lowest BCUT2D eigenvalue weighted by molar-refractivity contribution is -0.151. The van der Waals surface area contributed by atoms with Crippen molar-refractivity contribution in [3.05, 3.63) is 71.3 Å². The molecule has 0 spiro atoms. The van der Waals surface area contributed by atoms with Gasteiger partial charge in [-0.05, 0) is 54.2 Å². The van der Waals surface area contributed by atoms with E-state index in [1.54, 1.807) is 13.2 Å². The van der Waals surface area contributed by atoms with Gasteiger partial charge in [0, 0.05) is 12.7 Å². The normalized spacial score (nSPS) is 17.7. The summed E-state index contributed by atoms with van der Waals surface area (Å²) >= 11 is 0. The second-order valence-corrected chi connectivity index (χ2v) is 8.74. The zero-order valence-corrected chi connectivity index (χ0v) is 20.0. The molecule has 0 bridgehead atoms. The van der Waals surface area contributed by atoms with Crippen molar-refractivity contribution in [3.8, 4) is 11.5 Å². The summed E-state index contributed by atoms with van der Waals surface area (Å²) in [7, 11) is 3.00. The number of hydrogen-bond acceptors (Lipinski definition) is 6. The Labute approximate surface area is 204 Å². The highest BCUT2D eigenvalue weighted by atomic mass is 16.5. The van der Waals surface area contributed by atoms with E-state index >= 15 is 0 Å². The van der Waals surface area contributed by atoms with Crippen molar-refractivity contribution >= 4 is 22.7 Å². The Morgan fingerprint density at radius 2 is 1.63 bits per heavy atom. The van der Waals surface area contributed by atoms with Crippen LogP contribution in [0.1, 0.15) is 47.2 Å². The minimum Gasteiger partial charge on any atom is -0.496 e. The van der Waals surface area contributed by atoms with E-state index in [-0.39, 0.29) is 42.5 Å². The van der Waals surface area contributed by atoms with Gasteiger partial charge in [-0.2, -0.15) is 0 Å². The minimum absolute atomic E-state index is 0.0352. The van der Waals surface area contributed by atoms with E-state index in [1.165, 1.54) is 13.2 Å². The Morgan fingerprint density at radius 1 is 0.886 bits per heavy atom. The number of esters is 1. The van der Waals surface area contributed by atoms with E-state index in [9.17, 15) is 14.7 Å². The molecule has 1 fully saturated rings. The Bertz CT molecular complexity index is 1190. The first kappa shape index (κ1) is 24.5. The number of aromatic carboxylic acids is 1. The van der Waals surface area contributed by atoms with Gasteiger partial charge in [0.2, 0.25) is 0 Å². The van der Waals surface area contributed by atoms with Gasteiger partial charge < -0.3 is 24.1 Å². The number of hydrogen-bond donors (Lipinski definition) is 1. The van der Waals surface area contributed by atoms with E-state index in [4.69, 9.17) is 18.9 Å². The third-order valence-corrected chi connectivity index (χ3v) is 6.46. The van der Waals surface area contributed by atoms with Crippen LogP contribution in [0.2, 0.25) is 0 Å². The maximum Gasteiger partial charge on any atom is 0.339 e. The molecule has 4 rings (SSSR count). The summed E-state index contributed by atoms with van der Waals surface area (Å²) in [6, 6.07) is 17.2. The van der Waals surface area contributed by atoms with E-state index in [0.29, 0.717) is 37.0 Å². The molecule has 0 aromatic heterocycles. The Balaban J connectivity index is 1.36. The van der Waals surface area contributed by atoms with Gasteiger partial charge in [-0.25, -0.2) is 4.79 Å². The lowest BCUT2D eigenvalue weighted by Crippen LogP contribution is -2.29. The van der Waals surface area contributed by atoms with Crippen molar-refractivity contribution in [2.75, 3.05) is 14.2 Å². The van der Waals surface area contributed by atoms with Crippen LogP contribution in [0.3, 0.4) is 0 Å². The van der Waals surface area contributed by atoms with Gasteiger partial charge in [0.25, 0.3) is 0 Å². The molecule has 7 heteroatoms. The summed E-state index contributed by atoms with van der Waals surface area (Å²) in [5, 5.41) is 11.7. The quantitative estimate of drug-likeness (QED) is 0.413. The highest BCUT2D eigenvalue weighted by Crippen LogP contribution is 2.34. The average Bonchev–Trinajstić information content (AvgIpc) is 2.88. The largest absolute Gasteiger partial charge is 0.496 e. The number of ether oxygens (including phenoxy) is 4. The molecular formula is C28H30O7. The molecule has 3 aromatic carbocycles. The zero-order chi connectivity index (χ0) is 24.8. The molecule has 1 aliphatic carbocycles. The van der Waals surface area contributed by atoms with Gasteiger partial charge in [0.05, 0.1) is 25.7 Å². The molecule has 0 heterocycles. The topological polar surface area (TPSA) is 91.3 Å². The van der Waals surface area contributed by atoms with E-state index in [2.05, 4.69) is 0 Å². The van der Waals surface area contributed by atoms with Crippen molar-refractivity contribution in [2.24, 2.45) is 5.92 Å². The van der Waals surface area contributed by atoms with Crippen LogP contribution >= 0.6 is 0 Å². The van der Waals surface area contributed by atoms with Gasteiger partial charge in [0.1, 0.15) is 23.7 Å². The Morgan fingerprint density at radius 3 is 2.34 bits per heavy atom. The molecule has 184 valence electrons. The molecule has 3 aromatic rings. The van der Waals surface area contributed by atoms with Crippen molar-refractivity contribution in [2.45, 2.75) is 45.0 Å². The highest BCUT2D eigenvalue weighted by molar-refractivity contribution is 5.91. The number of carboxylic acids is 1. The second-order valence-electron chi connectivity index (χ2n) is 8.74. The van der Waals surface area contributed by atoms with Crippen LogP contribution < -0.4 is 9.47 Å². The molecule has 0 amide bonds. The zero-order valence-electron chi connectivity index (χ0n) is 20.0. The summed E-state index contributed by atoms with van der Waals surface area (Å²) in [6.07, 6.45) is 2.54. The maximum atomic E-state index is 12.7. The van der Waals surface area contributed by atoms with Gasteiger partial charge >= 0.3 is 11.9 Å². The SMILES string of the molecule is COCc1cc(OC)c(C(=O)O)cc1OC1CCC(C(=O)OCc2cccc3ccccc23)CC1. The Kier molecular flexibility index (Phi) is 7.87. The van der Waals surface area contributed by atoms with Crippen molar-refractivity contribution in [1.29, 1.82) is 0 Å². The smallest absolute Gasteiger partial charge is 0.339 e. The van der Waals surface area contributed by atoms with Gasteiger partial charge in [-0.1, -0.05) is 42.5 Å². The number of fused-ring (bicyclic) bond motifs is 1. The summed E-state index contributed by atoms with van der Waals surface area (Å²) < 4.78 is 22.3. The lowest BCUT2D eigenvalue weighted by atomic mass is 9.87. The van der Waals surface area contributed by atoms with Crippen LogP contribution in [-0.4, -0.2) is 37.4 Å². The summed E-state index contributed by atoms with van der Waals surface area (Å²) in [5.41, 5.74) is 1.74. The third-order valence-electron chi connectivity index (χ3n) is 6.46. The van der Waals surface area contributed by atoms with Gasteiger partial charge in [0.15, 0.2) is 0 Å². The molecule has 0 saturated heterocycles. The molecule has 7 nitrogen and oxygen atoms in total. The number of benzene rings is 3. The van der Waals surface area contributed by atoms with E-state index in [0.717, 1.165) is 16.3 Å². The van der Waals surface area contributed by atoms with Crippen LogP contribution in [0.5, 0.6) is 11.5 Å². The summed E-state index contributed by atoms with van der Waals surface area (Å²) in [6.45, 7) is 0.516. The number of methoxy groups -OCH3 is 2. The minimum atomic E-state index is -1.09. The van der Waals surface area contributed by atoms with E-state index in [1.807, 2.05) is 42.5 Å². The molecule has 35 heavy (non-hydrogen) atoms. The number of carbonyl (C=O) groups is 2. The fraction of sp³-hybridized carbons (Fsp3) is 0.357. The highest BCUT2D eigenvalue weighted by Gasteiger charge is 2.29. The van der Waals surface area contributed by atoms with Crippen molar-refractivity contribution < 1.29 is 33.6 Å². The van der Waals surface area contributed by atoms with Crippen LogP contribution in [0.15, 0.2) is 54.6 Å². The summed E-state index contributed by atoms with van der Waals surface area (Å²) in [4.78, 5) is 24.4. The van der Waals surface area contributed by atoms with Gasteiger partial charge in [-0.3, -0.25) is 4.79 Å². The molecule has 0 atom stereocenters. The van der Waals surface area contributed by atoms with Crippen molar-refractivity contribution in [1.82, 2.24) is 0 Å². The van der Waals surface area contributed by atoms with Crippen LogP contribution in [0.4, 0.5) is 0 Å². The summed E-state index contributed by atoms with van der Waals surface area (Å²) in [5.74, 6) is -0.724. The number of rotatable bonds is 9. The second kappa shape index (κ2) is 11.2. The van der Waals surface area contributed by atoms with Crippen LogP contribution in [0.25, 0.3) is 10.8 Å². The van der Waals surface area contributed by atoms with Crippen LogP contribution in [-0.2, 0) is 27.5 Å². The standard InChI is InChI=1S/C28H30O7/c1-32-16-21-14-26(33-2)24(27(29)30)15-25(21)35-22-12-10-19(11-13-22)28(31)34-17-20-8-5-7-18-6-3-4-9-23(18)20/h3-9,14-15,19,22H,10-13,16-17H2,1-2H3,(H,29,30). The maximum absolute atomic E-state index is 12.7. The monoisotopic (exact) mass is 478 g/mol. The Hall–Kier alpha value is -3.58. The van der Waals surface area contributed by atoms with E-state index < -0.39 is 5.97 Å². The fourth-order valence-electron chi connectivity index (χ4n) is 4.60. The number of carboxylic acid groups (broad SMARTS) is 1. The predicted octanol–water partition coefficient (Wildman–Crippen LogP) is 5.37. The molecule has 1 N–H and O–H groups in total. The average molecular weight is 479 g/mol. The molecule has 0 unspecified atom stereocenters. The molecule has 1 aliphatic rings. The van der Waals surface area contributed by atoms with Gasteiger partial charge in [-0.15, -0.1) is 0 Å². The predicted molar refractivity (Wildman–Crippen MR) is 131 cm³/mol. The lowest BCUT2D eigenvalue weighted by Gasteiger charge is -2.29. The first-order chi connectivity index (χ1) is 17.0. The molecule has 0 radical (unpaired) electrons. The first-order valence-electron chi connectivity index (χ1n) is 11.7. The fourth-order valence-corrected chi connectivity index (χ4v) is 4.60. The van der Waals surface area contributed by atoms with Crippen LogP contribution in [0, 0.1) is 5.92 Å². The third kappa shape index (κ3) is 5.74. The number of carbonyl (C=O) groups excluding carboxylic acids is 1. The molecular weight excluding hydrogens is 448 g/mol. The first-order valence-corrected chi connectivity index (χ1v) is 11.7. The molecule has 1 saturated carbocycles. The van der Waals surface area contributed by atoms with Crippen molar-refractivity contribution in [3.63, 3.8) is 0 Å². The molecule has 0 aliphatic heterocycles.